The Morgan fingerprint density at radius 2 is 1.84 bits per heavy atom. The number of urea groups is 1. The average Bonchev–Trinajstić information content (AvgIpc) is 2.32. The number of amides is 2. The Labute approximate surface area is 120 Å². The molecule has 0 saturated carbocycles. The van der Waals surface area contributed by atoms with Crippen molar-refractivity contribution in [2.75, 3.05) is 5.32 Å². The zero-order chi connectivity index (χ0) is 14.6. The van der Waals surface area contributed by atoms with Gasteiger partial charge in [-0.25, -0.2) is 9.59 Å². The number of aryl methyl sites for hydroxylation is 2. The smallest absolute Gasteiger partial charge is 0.326 e. The number of nitrogens with one attached hydrogen (secondary N) is 2. The molecule has 5 nitrogen and oxygen atoms in total. The second kappa shape index (κ2) is 6.56. The quantitative estimate of drug-likeness (QED) is 0.794. The molecule has 0 radical (unpaired) electrons. The van der Waals surface area contributed by atoms with E-state index in [1.807, 2.05) is 26.0 Å². The van der Waals surface area contributed by atoms with E-state index < -0.39 is 18.0 Å². The zero-order valence-corrected chi connectivity index (χ0v) is 12.7. The fraction of sp³-hybridized carbons (Fsp3) is 0.385. The van der Waals surface area contributed by atoms with Crippen molar-refractivity contribution >= 4 is 33.6 Å². The van der Waals surface area contributed by atoms with E-state index in [1.54, 1.807) is 6.92 Å². The number of halogens is 1. The predicted octanol–water partition coefficient (Wildman–Crippen LogP) is 3.05. The topological polar surface area (TPSA) is 78.4 Å². The summed E-state index contributed by atoms with van der Waals surface area (Å²) in [5.41, 5.74) is 2.64. The molecule has 0 saturated heterocycles. The van der Waals surface area contributed by atoms with Gasteiger partial charge < -0.3 is 15.7 Å². The number of hydrogen-bond acceptors (Lipinski definition) is 2. The molecule has 1 rings (SSSR count). The number of carbonyl (C=O) groups excluding carboxylic acids is 1. The van der Waals surface area contributed by atoms with Crippen LogP contribution in [0.25, 0.3) is 0 Å². The van der Waals surface area contributed by atoms with E-state index in [9.17, 15) is 9.59 Å². The molecule has 2 amide bonds. The van der Waals surface area contributed by atoms with E-state index in [0.29, 0.717) is 12.1 Å². The highest BCUT2D eigenvalue weighted by atomic mass is 79.9. The zero-order valence-electron chi connectivity index (χ0n) is 11.1. The second-order valence-corrected chi connectivity index (χ2v) is 5.11. The standard InChI is InChI=1S/C13H17BrN2O3/c1-4-10(12(17)18)16-13(19)15-9-5-7(2)11(14)8(3)6-9/h5-6,10H,4H2,1-3H3,(H,17,18)(H2,15,16,19). The van der Waals surface area contributed by atoms with Crippen molar-refractivity contribution < 1.29 is 14.7 Å². The summed E-state index contributed by atoms with van der Waals surface area (Å²) in [7, 11) is 0. The summed E-state index contributed by atoms with van der Waals surface area (Å²) in [5.74, 6) is -1.04. The molecule has 6 heteroatoms. The lowest BCUT2D eigenvalue weighted by atomic mass is 10.1. The summed E-state index contributed by atoms with van der Waals surface area (Å²) in [4.78, 5) is 22.5. The Hall–Kier alpha value is -1.56. The maximum absolute atomic E-state index is 11.7. The predicted molar refractivity (Wildman–Crippen MR) is 77.5 cm³/mol. The van der Waals surface area contributed by atoms with Gasteiger partial charge in [-0.2, -0.15) is 0 Å². The van der Waals surface area contributed by atoms with Gasteiger partial charge >= 0.3 is 12.0 Å². The Balaban J connectivity index is 2.75. The third-order valence-corrected chi connectivity index (χ3v) is 3.96. The molecule has 0 aliphatic rings. The largest absolute Gasteiger partial charge is 0.480 e. The first kappa shape index (κ1) is 15.5. The van der Waals surface area contributed by atoms with Gasteiger partial charge in [-0.05, 0) is 43.5 Å². The number of carbonyl (C=O) groups is 2. The first-order valence-electron chi connectivity index (χ1n) is 5.92. The third-order valence-electron chi connectivity index (χ3n) is 2.71. The summed E-state index contributed by atoms with van der Waals surface area (Å²) in [5, 5.41) is 13.9. The van der Waals surface area contributed by atoms with Gasteiger partial charge in [-0.3, -0.25) is 0 Å². The van der Waals surface area contributed by atoms with Crippen LogP contribution in [0.4, 0.5) is 10.5 Å². The van der Waals surface area contributed by atoms with Crippen LogP contribution in [0, 0.1) is 13.8 Å². The Kier molecular flexibility index (Phi) is 5.35. The van der Waals surface area contributed by atoms with Crippen LogP contribution in [0.15, 0.2) is 16.6 Å². The lowest BCUT2D eigenvalue weighted by Crippen LogP contribution is -2.42. The van der Waals surface area contributed by atoms with E-state index in [4.69, 9.17) is 5.11 Å². The SMILES string of the molecule is CCC(NC(=O)Nc1cc(C)c(Br)c(C)c1)C(=O)O. The Morgan fingerprint density at radius 3 is 2.26 bits per heavy atom. The number of carboxylic acid groups (broad SMARTS) is 1. The molecule has 0 aliphatic carbocycles. The molecule has 0 bridgehead atoms. The Morgan fingerprint density at radius 1 is 1.32 bits per heavy atom. The fourth-order valence-electron chi connectivity index (χ4n) is 1.68. The van der Waals surface area contributed by atoms with Crippen LogP contribution < -0.4 is 10.6 Å². The van der Waals surface area contributed by atoms with Crippen molar-refractivity contribution in [3.63, 3.8) is 0 Å². The molecule has 104 valence electrons. The van der Waals surface area contributed by atoms with Crippen LogP contribution >= 0.6 is 15.9 Å². The highest BCUT2D eigenvalue weighted by Crippen LogP contribution is 2.24. The summed E-state index contributed by atoms with van der Waals surface area (Å²) in [6.45, 7) is 5.55. The van der Waals surface area contributed by atoms with Gasteiger partial charge in [-0.15, -0.1) is 0 Å². The highest BCUT2D eigenvalue weighted by Gasteiger charge is 2.17. The molecule has 0 spiro atoms. The number of anilines is 1. The van der Waals surface area contributed by atoms with Crippen LogP contribution in [-0.2, 0) is 4.79 Å². The van der Waals surface area contributed by atoms with E-state index in [0.717, 1.165) is 15.6 Å². The molecule has 0 heterocycles. The van der Waals surface area contributed by atoms with E-state index in [2.05, 4.69) is 26.6 Å². The molecular weight excluding hydrogens is 312 g/mol. The van der Waals surface area contributed by atoms with Gasteiger partial charge in [-0.1, -0.05) is 22.9 Å². The van der Waals surface area contributed by atoms with E-state index in [1.165, 1.54) is 0 Å². The van der Waals surface area contributed by atoms with Crippen molar-refractivity contribution in [1.29, 1.82) is 0 Å². The molecule has 1 aromatic carbocycles. The lowest BCUT2D eigenvalue weighted by Gasteiger charge is -2.14. The molecule has 3 N–H and O–H groups in total. The van der Waals surface area contributed by atoms with Crippen molar-refractivity contribution in [2.45, 2.75) is 33.2 Å². The first-order chi connectivity index (χ1) is 8.85. The van der Waals surface area contributed by atoms with Crippen LogP contribution in [0.2, 0.25) is 0 Å². The van der Waals surface area contributed by atoms with Crippen LogP contribution in [0.3, 0.4) is 0 Å². The Bertz CT molecular complexity index is 480. The minimum atomic E-state index is -1.04. The number of aliphatic carboxylic acids is 1. The minimum absolute atomic E-state index is 0.334. The van der Waals surface area contributed by atoms with Crippen LogP contribution in [-0.4, -0.2) is 23.1 Å². The minimum Gasteiger partial charge on any atom is -0.480 e. The molecule has 0 fully saturated rings. The average molecular weight is 329 g/mol. The van der Waals surface area contributed by atoms with E-state index >= 15 is 0 Å². The fourth-order valence-corrected chi connectivity index (χ4v) is 1.91. The van der Waals surface area contributed by atoms with Crippen molar-refractivity contribution in [1.82, 2.24) is 5.32 Å². The van der Waals surface area contributed by atoms with Crippen molar-refractivity contribution in [2.24, 2.45) is 0 Å². The van der Waals surface area contributed by atoms with Crippen LogP contribution in [0.5, 0.6) is 0 Å². The van der Waals surface area contributed by atoms with Crippen molar-refractivity contribution in [3.8, 4) is 0 Å². The van der Waals surface area contributed by atoms with Gasteiger partial charge in [0.05, 0.1) is 0 Å². The van der Waals surface area contributed by atoms with Crippen LogP contribution in [0.1, 0.15) is 24.5 Å². The number of rotatable bonds is 4. The molecule has 0 aliphatic heterocycles. The molecule has 1 unspecified atom stereocenters. The molecule has 1 atom stereocenters. The highest BCUT2D eigenvalue weighted by molar-refractivity contribution is 9.10. The third kappa shape index (κ3) is 4.24. The van der Waals surface area contributed by atoms with Crippen molar-refractivity contribution in [3.05, 3.63) is 27.7 Å². The maximum atomic E-state index is 11.7. The lowest BCUT2D eigenvalue weighted by molar-refractivity contribution is -0.139. The number of benzene rings is 1. The van der Waals surface area contributed by atoms with Gasteiger partial charge in [0, 0.05) is 10.2 Å². The maximum Gasteiger partial charge on any atom is 0.326 e. The monoisotopic (exact) mass is 328 g/mol. The number of carboxylic acids is 1. The summed E-state index contributed by atoms with van der Waals surface area (Å²) in [6.07, 6.45) is 0.334. The summed E-state index contributed by atoms with van der Waals surface area (Å²) in [6, 6.07) is 2.24. The summed E-state index contributed by atoms with van der Waals surface area (Å²) >= 11 is 3.44. The molecular formula is C13H17BrN2O3. The molecule has 1 aromatic rings. The van der Waals surface area contributed by atoms with E-state index in [-0.39, 0.29) is 0 Å². The summed E-state index contributed by atoms with van der Waals surface area (Å²) < 4.78 is 0.996. The number of hydrogen-bond donors (Lipinski definition) is 3. The van der Waals surface area contributed by atoms with Gasteiger partial charge in [0.25, 0.3) is 0 Å². The van der Waals surface area contributed by atoms with Gasteiger partial charge in [0.2, 0.25) is 0 Å². The molecule has 0 aromatic heterocycles. The first-order valence-corrected chi connectivity index (χ1v) is 6.71. The van der Waals surface area contributed by atoms with Gasteiger partial charge in [0.15, 0.2) is 0 Å². The second-order valence-electron chi connectivity index (χ2n) is 4.32. The normalized spacial score (nSPS) is 11.8. The molecule has 19 heavy (non-hydrogen) atoms. The van der Waals surface area contributed by atoms with Gasteiger partial charge in [0.1, 0.15) is 6.04 Å².